The van der Waals surface area contributed by atoms with Gasteiger partial charge in [-0.05, 0) is 35.4 Å². The lowest BCUT2D eigenvalue weighted by Crippen LogP contribution is -2.43. The van der Waals surface area contributed by atoms with E-state index in [0.717, 1.165) is 31.8 Å². The van der Waals surface area contributed by atoms with Gasteiger partial charge in [-0.1, -0.05) is 39.8 Å². The highest BCUT2D eigenvalue weighted by atomic mass is 16.5. The van der Waals surface area contributed by atoms with Crippen LogP contribution >= 0.6 is 0 Å². The lowest BCUT2D eigenvalue weighted by molar-refractivity contribution is 0.0304. The van der Waals surface area contributed by atoms with Crippen molar-refractivity contribution >= 4 is 0 Å². The van der Waals surface area contributed by atoms with Crippen molar-refractivity contribution in [3.63, 3.8) is 0 Å². The molecule has 1 saturated heterocycles. The number of likely N-dealkylation sites (tertiary alicyclic amines) is 1. The van der Waals surface area contributed by atoms with Crippen molar-refractivity contribution in [3.05, 3.63) is 29.8 Å². The molecule has 1 aliphatic rings. The lowest BCUT2D eigenvalue weighted by Gasteiger charge is -2.34. The molecule has 0 bridgehead atoms. The summed E-state index contributed by atoms with van der Waals surface area (Å²) in [6.07, 6.45) is 0.744. The molecule has 2 rings (SSSR count). The Bertz CT molecular complexity index is 436. The molecule has 3 nitrogen and oxygen atoms in total. The number of nitrogens with zero attached hydrogens (tertiary/aromatic N) is 1. The number of piperidine rings is 1. The second-order valence-electron chi connectivity index (χ2n) is 7.26. The minimum Gasteiger partial charge on any atom is -0.492 e. The molecule has 0 aromatic heterocycles. The van der Waals surface area contributed by atoms with E-state index in [0.29, 0.717) is 12.5 Å². The van der Waals surface area contributed by atoms with Crippen LogP contribution in [0.3, 0.4) is 0 Å². The Kier molecular flexibility index (Phi) is 5.28. The Morgan fingerprint density at radius 2 is 1.90 bits per heavy atom. The third-order valence-electron chi connectivity index (χ3n) is 4.34. The fourth-order valence-electron chi connectivity index (χ4n) is 2.77. The molecule has 3 heteroatoms. The summed E-state index contributed by atoms with van der Waals surface area (Å²) in [5, 5.41) is 9.73. The Balaban J connectivity index is 1.76. The molecule has 2 unspecified atom stereocenters. The van der Waals surface area contributed by atoms with Crippen LogP contribution in [0.25, 0.3) is 0 Å². The summed E-state index contributed by atoms with van der Waals surface area (Å²) in [5.74, 6) is 1.30. The first-order valence-corrected chi connectivity index (χ1v) is 8.00. The SMILES string of the molecule is CC1CN(CCOc2ccc(C(C)(C)C)cc2)CCC1O. The lowest BCUT2D eigenvalue weighted by atomic mass is 9.87. The van der Waals surface area contributed by atoms with Crippen LogP contribution in [0, 0.1) is 5.92 Å². The third kappa shape index (κ3) is 4.72. The van der Waals surface area contributed by atoms with E-state index >= 15 is 0 Å². The second kappa shape index (κ2) is 6.80. The van der Waals surface area contributed by atoms with Crippen molar-refractivity contribution in [1.82, 2.24) is 4.90 Å². The zero-order chi connectivity index (χ0) is 15.5. The summed E-state index contributed by atoms with van der Waals surface area (Å²) < 4.78 is 5.83. The van der Waals surface area contributed by atoms with Crippen LogP contribution in [0.2, 0.25) is 0 Å². The van der Waals surface area contributed by atoms with Crippen molar-refractivity contribution < 1.29 is 9.84 Å². The van der Waals surface area contributed by atoms with Gasteiger partial charge in [0, 0.05) is 19.6 Å². The Morgan fingerprint density at radius 3 is 2.48 bits per heavy atom. The Labute approximate surface area is 128 Å². The van der Waals surface area contributed by atoms with Crippen LogP contribution in [-0.2, 0) is 5.41 Å². The van der Waals surface area contributed by atoms with Crippen molar-refractivity contribution in [2.24, 2.45) is 5.92 Å². The van der Waals surface area contributed by atoms with Gasteiger partial charge in [0.25, 0.3) is 0 Å². The first-order chi connectivity index (χ1) is 9.86. The number of hydrogen-bond donors (Lipinski definition) is 1. The summed E-state index contributed by atoms with van der Waals surface area (Å²) in [5.41, 5.74) is 1.51. The van der Waals surface area contributed by atoms with Gasteiger partial charge >= 0.3 is 0 Å². The summed E-state index contributed by atoms with van der Waals surface area (Å²) in [7, 11) is 0. The maximum Gasteiger partial charge on any atom is 0.119 e. The van der Waals surface area contributed by atoms with E-state index in [1.54, 1.807) is 0 Å². The van der Waals surface area contributed by atoms with E-state index in [-0.39, 0.29) is 11.5 Å². The molecule has 0 radical (unpaired) electrons. The minimum absolute atomic E-state index is 0.132. The maximum atomic E-state index is 9.73. The van der Waals surface area contributed by atoms with Gasteiger partial charge in [0.05, 0.1) is 6.10 Å². The molecule has 1 N–H and O–H groups in total. The van der Waals surface area contributed by atoms with Gasteiger partial charge < -0.3 is 9.84 Å². The van der Waals surface area contributed by atoms with Gasteiger partial charge in [0.1, 0.15) is 12.4 Å². The Morgan fingerprint density at radius 1 is 1.24 bits per heavy atom. The number of ether oxygens (including phenoxy) is 1. The van der Waals surface area contributed by atoms with Crippen LogP contribution in [0.15, 0.2) is 24.3 Å². The third-order valence-corrected chi connectivity index (χ3v) is 4.34. The largest absolute Gasteiger partial charge is 0.492 e. The normalized spacial score (nSPS) is 24.0. The second-order valence-corrected chi connectivity index (χ2v) is 7.26. The van der Waals surface area contributed by atoms with E-state index in [1.807, 2.05) is 0 Å². The molecular weight excluding hydrogens is 262 g/mol. The summed E-state index contributed by atoms with van der Waals surface area (Å²) in [4.78, 5) is 2.38. The fraction of sp³-hybridized carbons (Fsp3) is 0.667. The number of aliphatic hydroxyl groups excluding tert-OH is 1. The summed E-state index contributed by atoms with van der Waals surface area (Å²) in [6, 6.07) is 8.41. The smallest absolute Gasteiger partial charge is 0.119 e. The zero-order valence-corrected chi connectivity index (χ0v) is 13.8. The molecule has 0 amide bonds. The molecule has 0 saturated carbocycles. The van der Waals surface area contributed by atoms with E-state index in [2.05, 4.69) is 56.9 Å². The van der Waals surface area contributed by atoms with Crippen LogP contribution in [0.1, 0.15) is 39.7 Å². The number of benzene rings is 1. The van der Waals surface area contributed by atoms with Crippen molar-refractivity contribution in [3.8, 4) is 5.75 Å². The number of rotatable bonds is 4. The monoisotopic (exact) mass is 291 g/mol. The first-order valence-electron chi connectivity index (χ1n) is 8.00. The highest BCUT2D eigenvalue weighted by molar-refractivity contribution is 5.31. The average molecular weight is 291 g/mol. The molecule has 21 heavy (non-hydrogen) atoms. The van der Waals surface area contributed by atoms with Crippen LogP contribution in [0.5, 0.6) is 5.75 Å². The summed E-state index contributed by atoms with van der Waals surface area (Å²) >= 11 is 0. The molecule has 118 valence electrons. The molecule has 1 heterocycles. The van der Waals surface area contributed by atoms with E-state index < -0.39 is 0 Å². The van der Waals surface area contributed by atoms with Crippen molar-refractivity contribution in [2.75, 3.05) is 26.2 Å². The molecule has 1 fully saturated rings. The van der Waals surface area contributed by atoms with Crippen LogP contribution in [-0.4, -0.2) is 42.4 Å². The van der Waals surface area contributed by atoms with Crippen molar-refractivity contribution in [2.45, 2.75) is 45.6 Å². The van der Waals surface area contributed by atoms with Gasteiger partial charge in [0.2, 0.25) is 0 Å². The predicted molar refractivity (Wildman–Crippen MR) is 86.9 cm³/mol. The van der Waals surface area contributed by atoms with Gasteiger partial charge in [-0.2, -0.15) is 0 Å². The quantitative estimate of drug-likeness (QED) is 0.925. The molecule has 1 aromatic rings. The van der Waals surface area contributed by atoms with E-state index in [9.17, 15) is 5.11 Å². The highest BCUT2D eigenvalue weighted by Gasteiger charge is 2.23. The predicted octanol–water partition coefficient (Wildman–Crippen LogP) is 3.07. The molecule has 2 atom stereocenters. The zero-order valence-electron chi connectivity index (χ0n) is 13.8. The summed E-state index contributed by atoms with van der Waals surface area (Å²) in [6.45, 7) is 12.3. The standard InChI is InChI=1S/C18H29NO2/c1-14-13-19(10-9-17(14)20)11-12-21-16-7-5-15(6-8-16)18(2,3)4/h5-8,14,17,20H,9-13H2,1-4H3. The van der Waals surface area contributed by atoms with E-state index in [1.165, 1.54) is 5.56 Å². The molecule has 0 spiro atoms. The highest BCUT2D eigenvalue weighted by Crippen LogP contribution is 2.24. The van der Waals surface area contributed by atoms with Gasteiger partial charge in [-0.25, -0.2) is 0 Å². The van der Waals surface area contributed by atoms with Gasteiger partial charge in [-0.15, -0.1) is 0 Å². The Hall–Kier alpha value is -1.06. The minimum atomic E-state index is -0.132. The molecule has 1 aliphatic heterocycles. The maximum absolute atomic E-state index is 9.73. The van der Waals surface area contributed by atoms with Gasteiger partial charge in [-0.3, -0.25) is 4.90 Å². The molecule has 0 aliphatic carbocycles. The fourth-order valence-corrected chi connectivity index (χ4v) is 2.77. The first kappa shape index (κ1) is 16.3. The van der Waals surface area contributed by atoms with Crippen molar-refractivity contribution in [1.29, 1.82) is 0 Å². The van der Waals surface area contributed by atoms with E-state index in [4.69, 9.17) is 4.74 Å². The molecular formula is C18H29NO2. The topological polar surface area (TPSA) is 32.7 Å². The van der Waals surface area contributed by atoms with Crippen LogP contribution in [0.4, 0.5) is 0 Å². The number of hydrogen-bond acceptors (Lipinski definition) is 3. The number of aliphatic hydroxyl groups is 1. The average Bonchev–Trinajstić information content (AvgIpc) is 2.42. The van der Waals surface area contributed by atoms with Gasteiger partial charge in [0.15, 0.2) is 0 Å². The molecule has 1 aromatic carbocycles. The van der Waals surface area contributed by atoms with Crippen LogP contribution < -0.4 is 4.74 Å².